The van der Waals surface area contributed by atoms with E-state index in [-0.39, 0.29) is 12.5 Å². The first-order chi connectivity index (χ1) is 7.70. The minimum Gasteiger partial charge on any atom is -0.339 e. The number of aromatic nitrogens is 2. The molecule has 1 fully saturated rings. The van der Waals surface area contributed by atoms with Gasteiger partial charge in [-0.25, -0.2) is 0 Å². The maximum Gasteiger partial charge on any atom is 0.236 e. The largest absolute Gasteiger partial charge is 0.339 e. The molecule has 16 heavy (non-hydrogen) atoms. The Hall–Kier alpha value is -1.36. The van der Waals surface area contributed by atoms with Crippen molar-refractivity contribution in [1.29, 1.82) is 0 Å². The van der Waals surface area contributed by atoms with Crippen molar-refractivity contribution in [3.05, 3.63) is 18.0 Å². The van der Waals surface area contributed by atoms with Crippen LogP contribution in [0.3, 0.4) is 0 Å². The summed E-state index contributed by atoms with van der Waals surface area (Å²) in [6.45, 7) is 3.68. The molecule has 2 heterocycles. The maximum atomic E-state index is 11.5. The van der Waals surface area contributed by atoms with Gasteiger partial charge in [0.1, 0.15) is 0 Å². The predicted octanol–water partition coefficient (Wildman–Crippen LogP) is 0.314. The van der Waals surface area contributed by atoms with Crippen molar-refractivity contribution in [2.24, 2.45) is 5.73 Å². The van der Waals surface area contributed by atoms with Gasteiger partial charge < -0.3 is 10.6 Å². The zero-order chi connectivity index (χ0) is 11.5. The van der Waals surface area contributed by atoms with Crippen LogP contribution in [0.1, 0.15) is 24.4 Å². The second kappa shape index (κ2) is 4.65. The van der Waals surface area contributed by atoms with E-state index in [1.165, 1.54) is 0 Å². The second-order valence-electron chi connectivity index (χ2n) is 4.34. The summed E-state index contributed by atoms with van der Waals surface area (Å²) >= 11 is 0. The van der Waals surface area contributed by atoms with Gasteiger partial charge in [0.05, 0.1) is 18.8 Å². The molecule has 1 aliphatic rings. The van der Waals surface area contributed by atoms with Crippen LogP contribution in [0.4, 0.5) is 0 Å². The molecule has 88 valence electrons. The predicted molar refractivity (Wildman–Crippen MR) is 60.9 cm³/mol. The van der Waals surface area contributed by atoms with Crippen molar-refractivity contribution in [2.75, 3.05) is 19.6 Å². The SMILES string of the molecule is Cc1cnn(C2CCCN(C(=O)CN)C2)c1. The lowest BCUT2D eigenvalue weighted by Crippen LogP contribution is -2.43. The van der Waals surface area contributed by atoms with Crippen molar-refractivity contribution in [3.8, 4) is 0 Å². The first kappa shape index (κ1) is 11.1. The van der Waals surface area contributed by atoms with Gasteiger partial charge in [-0.05, 0) is 25.3 Å². The van der Waals surface area contributed by atoms with Crippen molar-refractivity contribution in [1.82, 2.24) is 14.7 Å². The molecule has 1 unspecified atom stereocenters. The van der Waals surface area contributed by atoms with Gasteiger partial charge >= 0.3 is 0 Å². The van der Waals surface area contributed by atoms with E-state index >= 15 is 0 Å². The molecule has 5 nitrogen and oxygen atoms in total. The fourth-order valence-electron chi connectivity index (χ4n) is 2.16. The molecule has 2 rings (SSSR count). The van der Waals surface area contributed by atoms with Gasteiger partial charge in [0.15, 0.2) is 0 Å². The number of rotatable bonds is 2. The van der Waals surface area contributed by atoms with Crippen molar-refractivity contribution in [2.45, 2.75) is 25.8 Å². The molecule has 1 aromatic rings. The summed E-state index contributed by atoms with van der Waals surface area (Å²) < 4.78 is 1.96. The molecule has 0 aromatic carbocycles. The lowest BCUT2D eigenvalue weighted by Gasteiger charge is -2.32. The Morgan fingerprint density at radius 3 is 3.12 bits per heavy atom. The van der Waals surface area contributed by atoms with Crippen LogP contribution in [-0.2, 0) is 4.79 Å². The molecular weight excluding hydrogens is 204 g/mol. The Labute approximate surface area is 95.2 Å². The number of carbonyl (C=O) groups excluding carboxylic acids is 1. The monoisotopic (exact) mass is 222 g/mol. The highest BCUT2D eigenvalue weighted by atomic mass is 16.2. The van der Waals surface area contributed by atoms with E-state index in [1.807, 2.05) is 28.9 Å². The molecule has 0 spiro atoms. The molecule has 1 atom stereocenters. The normalized spacial score (nSPS) is 21.1. The molecule has 0 bridgehead atoms. The van der Waals surface area contributed by atoms with Crippen LogP contribution in [0.5, 0.6) is 0 Å². The summed E-state index contributed by atoms with van der Waals surface area (Å²) in [5, 5.41) is 4.31. The Morgan fingerprint density at radius 1 is 1.69 bits per heavy atom. The number of hydrogen-bond donors (Lipinski definition) is 1. The van der Waals surface area contributed by atoms with Crippen molar-refractivity contribution < 1.29 is 4.79 Å². The fourth-order valence-corrected chi connectivity index (χ4v) is 2.16. The Bertz CT molecular complexity index is 374. The van der Waals surface area contributed by atoms with Crippen LogP contribution >= 0.6 is 0 Å². The zero-order valence-corrected chi connectivity index (χ0v) is 9.59. The van der Waals surface area contributed by atoms with Gasteiger partial charge in [-0.15, -0.1) is 0 Å². The average molecular weight is 222 g/mol. The third-order valence-electron chi connectivity index (χ3n) is 3.03. The standard InChI is InChI=1S/C11H18N4O/c1-9-6-13-15(7-9)10-3-2-4-14(8-10)11(16)5-12/h6-7,10H,2-5,8,12H2,1H3. The third kappa shape index (κ3) is 2.24. The summed E-state index contributed by atoms with van der Waals surface area (Å²) in [5.74, 6) is 0.0357. The third-order valence-corrected chi connectivity index (χ3v) is 3.03. The number of piperidine rings is 1. The highest BCUT2D eigenvalue weighted by Crippen LogP contribution is 2.20. The number of likely N-dealkylation sites (tertiary alicyclic amines) is 1. The molecule has 0 aliphatic carbocycles. The van der Waals surface area contributed by atoms with Gasteiger partial charge in [0.2, 0.25) is 5.91 Å². The molecule has 5 heteroatoms. The maximum absolute atomic E-state index is 11.5. The van der Waals surface area contributed by atoms with Crippen LogP contribution < -0.4 is 5.73 Å². The van der Waals surface area contributed by atoms with Crippen LogP contribution in [0.2, 0.25) is 0 Å². The average Bonchev–Trinajstić information content (AvgIpc) is 2.75. The highest BCUT2D eigenvalue weighted by molar-refractivity contribution is 5.78. The summed E-state index contributed by atoms with van der Waals surface area (Å²) in [6.07, 6.45) is 5.98. The minimum absolute atomic E-state index is 0.0357. The van der Waals surface area contributed by atoms with E-state index in [1.54, 1.807) is 0 Å². The number of amides is 1. The Morgan fingerprint density at radius 2 is 2.50 bits per heavy atom. The summed E-state index contributed by atoms with van der Waals surface area (Å²) in [4.78, 5) is 13.4. The second-order valence-corrected chi connectivity index (χ2v) is 4.34. The van der Waals surface area contributed by atoms with E-state index in [9.17, 15) is 4.79 Å². The molecule has 0 saturated carbocycles. The molecule has 1 aliphatic heterocycles. The number of aryl methyl sites for hydroxylation is 1. The van der Waals surface area contributed by atoms with E-state index in [2.05, 4.69) is 5.10 Å². The molecular formula is C11H18N4O. The number of carbonyl (C=O) groups is 1. The number of nitrogens with zero attached hydrogens (tertiary/aromatic N) is 3. The fraction of sp³-hybridized carbons (Fsp3) is 0.636. The van der Waals surface area contributed by atoms with Crippen LogP contribution in [0, 0.1) is 6.92 Å². The summed E-state index contributed by atoms with van der Waals surface area (Å²) in [7, 11) is 0. The smallest absolute Gasteiger partial charge is 0.236 e. The van der Waals surface area contributed by atoms with Crippen LogP contribution in [0.15, 0.2) is 12.4 Å². The highest BCUT2D eigenvalue weighted by Gasteiger charge is 2.24. The summed E-state index contributed by atoms with van der Waals surface area (Å²) in [6, 6.07) is 0.304. The minimum atomic E-state index is 0.0357. The van der Waals surface area contributed by atoms with E-state index in [0.29, 0.717) is 6.04 Å². The van der Waals surface area contributed by atoms with Gasteiger partial charge in [-0.3, -0.25) is 9.48 Å². The van der Waals surface area contributed by atoms with Crippen LogP contribution in [-0.4, -0.2) is 40.2 Å². The quantitative estimate of drug-likeness (QED) is 0.783. The molecule has 1 amide bonds. The van der Waals surface area contributed by atoms with E-state index < -0.39 is 0 Å². The summed E-state index contributed by atoms with van der Waals surface area (Å²) in [5.41, 5.74) is 6.53. The lowest BCUT2D eigenvalue weighted by molar-refractivity contribution is -0.131. The molecule has 2 N–H and O–H groups in total. The Kier molecular flexibility index (Phi) is 3.24. The number of hydrogen-bond acceptors (Lipinski definition) is 3. The van der Waals surface area contributed by atoms with Gasteiger partial charge in [-0.1, -0.05) is 0 Å². The number of nitrogens with two attached hydrogens (primary N) is 1. The van der Waals surface area contributed by atoms with Gasteiger partial charge in [-0.2, -0.15) is 5.10 Å². The first-order valence-electron chi connectivity index (χ1n) is 5.69. The lowest BCUT2D eigenvalue weighted by atomic mass is 10.1. The van der Waals surface area contributed by atoms with Gasteiger partial charge in [0.25, 0.3) is 0 Å². The Balaban J connectivity index is 2.04. The van der Waals surface area contributed by atoms with Crippen molar-refractivity contribution in [3.63, 3.8) is 0 Å². The topological polar surface area (TPSA) is 64.2 Å². The molecule has 0 radical (unpaired) electrons. The molecule has 1 saturated heterocycles. The zero-order valence-electron chi connectivity index (χ0n) is 9.59. The van der Waals surface area contributed by atoms with E-state index in [4.69, 9.17) is 5.73 Å². The molecule has 1 aromatic heterocycles. The first-order valence-corrected chi connectivity index (χ1v) is 5.69. The van der Waals surface area contributed by atoms with Crippen molar-refractivity contribution >= 4 is 5.91 Å². The van der Waals surface area contributed by atoms with E-state index in [0.717, 1.165) is 31.5 Å². The van der Waals surface area contributed by atoms with Gasteiger partial charge in [0, 0.05) is 19.3 Å². The van der Waals surface area contributed by atoms with Crippen LogP contribution in [0.25, 0.3) is 0 Å².